The lowest BCUT2D eigenvalue weighted by Crippen LogP contribution is -2.10. The SMILES string of the molecule is COC(=O)c1ccc(OC(=O)c2ccc(OCCOc3ccccc3)cc2)c(Br)c1. The molecule has 0 spiro atoms. The van der Waals surface area contributed by atoms with E-state index in [1.807, 2.05) is 30.3 Å². The van der Waals surface area contributed by atoms with E-state index in [1.54, 1.807) is 24.3 Å². The summed E-state index contributed by atoms with van der Waals surface area (Å²) in [6.07, 6.45) is 0. The Labute approximate surface area is 182 Å². The summed E-state index contributed by atoms with van der Waals surface area (Å²) in [4.78, 5) is 23.9. The van der Waals surface area contributed by atoms with E-state index in [-0.39, 0.29) is 0 Å². The van der Waals surface area contributed by atoms with Crippen molar-refractivity contribution in [1.29, 1.82) is 0 Å². The van der Waals surface area contributed by atoms with Gasteiger partial charge in [-0.1, -0.05) is 18.2 Å². The number of halogens is 1. The molecule has 0 aromatic heterocycles. The standard InChI is InChI=1S/C23H19BrO6/c1-27-22(25)17-9-12-21(20(24)15-17)30-23(26)16-7-10-19(11-8-16)29-14-13-28-18-5-3-2-4-6-18/h2-12,15H,13-14H2,1H3. The number of hydrogen-bond acceptors (Lipinski definition) is 6. The van der Waals surface area contributed by atoms with Gasteiger partial charge in [-0.15, -0.1) is 0 Å². The van der Waals surface area contributed by atoms with Crippen molar-refractivity contribution in [3.05, 3.63) is 88.4 Å². The molecule has 0 heterocycles. The Kier molecular flexibility index (Phi) is 7.45. The van der Waals surface area contributed by atoms with Gasteiger partial charge in [0.1, 0.15) is 30.5 Å². The minimum Gasteiger partial charge on any atom is -0.490 e. The van der Waals surface area contributed by atoms with Crippen LogP contribution in [0.5, 0.6) is 17.2 Å². The first-order valence-corrected chi connectivity index (χ1v) is 9.87. The Hall–Kier alpha value is -3.32. The fraction of sp³-hybridized carbons (Fsp3) is 0.130. The quantitative estimate of drug-likeness (QED) is 0.264. The second-order valence-electron chi connectivity index (χ2n) is 6.06. The Bertz CT molecular complexity index is 1000. The summed E-state index contributed by atoms with van der Waals surface area (Å²) >= 11 is 3.29. The first kappa shape index (κ1) is 21.4. The predicted molar refractivity (Wildman–Crippen MR) is 114 cm³/mol. The van der Waals surface area contributed by atoms with E-state index in [0.717, 1.165) is 5.75 Å². The number of ether oxygens (including phenoxy) is 4. The van der Waals surface area contributed by atoms with Gasteiger partial charge in [-0.25, -0.2) is 9.59 Å². The Morgan fingerprint density at radius 2 is 1.37 bits per heavy atom. The molecule has 6 nitrogen and oxygen atoms in total. The number of rotatable bonds is 8. The van der Waals surface area contributed by atoms with Crippen molar-refractivity contribution < 1.29 is 28.5 Å². The Morgan fingerprint density at radius 1 is 0.767 bits per heavy atom. The van der Waals surface area contributed by atoms with E-state index in [9.17, 15) is 9.59 Å². The first-order chi connectivity index (χ1) is 14.6. The highest BCUT2D eigenvalue weighted by atomic mass is 79.9. The molecule has 0 aliphatic rings. The molecule has 0 N–H and O–H groups in total. The van der Waals surface area contributed by atoms with E-state index in [1.165, 1.54) is 25.3 Å². The summed E-state index contributed by atoms with van der Waals surface area (Å²) in [6.45, 7) is 0.779. The van der Waals surface area contributed by atoms with Crippen LogP contribution in [-0.2, 0) is 4.74 Å². The third-order valence-corrected chi connectivity index (χ3v) is 4.63. The maximum absolute atomic E-state index is 12.4. The average Bonchev–Trinajstić information content (AvgIpc) is 2.78. The van der Waals surface area contributed by atoms with E-state index in [2.05, 4.69) is 20.7 Å². The molecular weight excluding hydrogens is 452 g/mol. The van der Waals surface area contributed by atoms with Crippen molar-refractivity contribution in [3.63, 3.8) is 0 Å². The van der Waals surface area contributed by atoms with Crippen molar-refractivity contribution in [1.82, 2.24) is 0 Å². The summed E-state index contributed by atoms with van der Waals surface area (Å²) in [5.41, 5.74) is 0.716. The number of carbonyl (C=O) groups excluding carboxylic acids is 2. The van der Waals surface area contributed by atoms with Crippen LogP contribution >= 0.6 is 15.9 Å². The lowest BCUT2D eigenvalue weighted by Gasteiger charge is -2.10. The number of esters is 2. The summed E-state index contributed by atoms with van der Waals surface area (Å²) in [5.74, 6) is 0.696. The summed E-state index contributed by atoms with van der Waals surface area (Å²) in [6, 6.07) is 20.7. The van der Waals surface area contributed by atoms with E-state index in [0.29, 0.717) is 40.3 Å². The number of para-hydroxylation sites is 1. The van der Waals surface area contributed by atoms with Crippen molar-refractivity contribution in [2.24, 2.45) is 0 Å². The molecule has 30 heavy (non-hydrogen) atoms. The monoisotopic (exact) mass is 470 g/mol. The summed E-state index contributed by atoms with van der Waals surface area (Å²) in [5, 5.41) is 0. The smallest absolute Gasteiger partial charge is 0.343 e. The summed E-state index contributed by atoms with van der Waals surface area (Å²) < 4.78 is 21.7. The van der Waals surface area contributed by atoms with Gasteiger partial charge in [0.2, 0.25) is 0 Å². The Balaban J connectivity index is 1.51. The van der Waals surface area contributed by atoms with E-state index >= 15 is 0 Å². The van der Waals surface area contributed by atoms with Gasteiger partial charge in [-0.2, -0.15) is 0 Å². The fourth-order valence-electron chi connectivity index (χ4n) is 2.51. The van der Waals surface area contributed by atoms with Gasteiger partial charge < -0.3 is 18.9 Å². The molecule has 0 bridgehead atoms. The molecule has 0 unspecified atom stereocenters. The topological polar surface area (TPSA) is 71.1 Å². The molecule has 154 valence electrons. The largest absolute Gasteiger partial charge is 0.490 e. The van der Waals surface area contributed by atoms with Gasteiger partial charge in [-0.3, -0.25) is 0 Å². The second-order valence-corrected chi connectivity index (χ2v) is 6.91. The molecule has 0 radical (unpaired) electrons. The van der Waals surface area contributed by atoms with Crippen LogP contribution in [0.1, 0.15) is 20.7 Å². The van der Waals surface area contributed by atoms with Crippen molar-refractivity contribution in [2.75, 3.05) is 20.3 Å². The molecule has 0 aliphatic heterocycles. The molecule has 0 amide bonds. The van der Waals surface area contributed by atoms with Crippen LogP contribution < -0.4 is 14.2 Å². The first-order valence-electron chi connectivity index (χ1n) is 9.07. The third kappa shape index (κ3) is 5.84. The maximum Gasteiger partial charge on any atom is 0.343 e. The summed E-state index contributed by atoms with van der Waals surface area (Å²) in [7, 11) is 1.30. The minimum absolute atomic E-state index is 0.297. The maximum atomic E-state index is 12.4. The Morgan fingerprint density at radius 3 is 1.97 bits per heavy atom. The molecule has 0 fully saturated rings. The van der Waals surface area contributed by atoms with Crippen molar-refractivity contribution in [2.45, 2.75) is 0 Å². The van der Waals surface area contributed by atoms with Gasteiger partial charge in [0.05, 0.1) is 22.7 Å². The predicted octanol–water partition coefficient (Wildman–Crippen LogP) is 4.91. The lowest BCUT2D eigenvalue weighted by atomic mass is 10.2. The number of hydrogen-bond donors (Lipinski definition) is 0. The van der Waals surface area contributed by atoms with Crippen LogP contribution in [0.2, 0.25) is 0 Å². The highest BCUT2D eigenvalue weighted by molar-refractivity contribution is 9.10. The van der Waals surface area contributed by atoms with Gasteiger partial charge in [0.25, 0.3) is 0 Å². The van der Waals surface area contributed by atoms with Crippen LogP contribution in [0.25, 0.3) is 0 Å². The molecule has 3 aromatic carbocycles. The van der Waals surface area contributed by atoms with E-state index < -0.39 is 11.9 Å². The number of carbonyl (C=O) groups is 2. The minimum atomic E-state index is -0.527. The zero-order valence-electron chi connectivity index (χ0n) is 16.2. The molecule has 3 aromatic rings. The van der Waals surface area contributed by atoms with Crippen LogP contribution in [0.3, 0.4) is 0 Å². The second kappa shape index (κ2) is 10.5. The normalized spacial score (nSPS) is 10.2. The fourth-order valence-corrected chi connectivity index (χ4v) is 2.97. The molecule has 0 saturated heterocycles. The van der Waals surface area contributed by atoms with Crippen molar-refractivity contribution >= 4 is 27.9 Å². The van der Waals surface area contributed by atoms with Crippen molar-refractivity contribution in [3.8, 4) is 17.2 Å². The molecule has 7 heteroatoms. The molecular formula is C23H19BrO6. The number of methoxy groups -OCH3 is 1. The highest BCUT2D eigenvalue weighted by Crippen LogP contribution is 2.27. The van der Waals surface area contributed by atoms with Crippen LogP contribution in [0, 0.1) is 0 Å². The average molecular weight is 471 g/mol. The zero-order chi connectivity index (χ0) is 21.3. The van der Waals surface area contributed by atoms with E-state index in [4.69, 9.17) is 14.2 Å². The molecule has 3 rings (SSSR count). The van der Waals surface area contributed by atoms with Crippen LogP contribution in [-0.4, -0.2) is 32.3 Å². The molecule has 0 saturated carbocycles. The van der Waals surface area contributed by atoms with Gasteiger partial charge in [-0.05, 0) is 70.5 Å². The van der Waals surface area contributed by atoms with Crippen LogP contribution in [0.15, 0.2) is 77.3 Å². The molecule has 0 atom stereocenters. The zero-order valence-corrected chi connectivity index (χ0v) is 17.8. The third-order valence-electron chi connectivity index (χ3n) is 4.01. The van der Waals surface area contributed by atoms with Gasteiger partial charge >= 0.3 is 11.9 Å². The van der Waals surface area contributed by atoms with Gasteiger partial charge in [0, 0.05) is 0 Å². The number of benzene rings is 3. The highest BCUT2D eigenvalue weighted by Gasteiger charge is 2.14. The van der Waals surface area contributed by atoms with Gasteiger partial charge in [0.15, 0.2) is 0 Å². The van der Waals surface area contributed by atoms with Crippen LogP contribution in [0.4, 0.5) is 0 Å². The molecule has 0 aliphatic carbocycles. The lowest BCUT2D eigenvalue weighted by molar-refractivity contribution is 0.0600.